The minimum atomic E-state index is 0. The van der Waals surface area contributed by atoms with E-state index in [4.69, 9.17) is 0 Å². The molecule has 0 nitrogen and oxygen atoms in total. The van der Waals surface area contributed by atoms with Crippen LogP contribution in [0.1, 0.15) is 76.2 Å². The van der Waals surface area contributed by atoms with Crippen molar-refractivity contribution in [1.29, 1.82) is 0 Å². The van der Waals surface area contributed by atoms with Gasteiger partial charge in [0.2, 0.25) is 0 Å². The molecule has 0 saturated heterocycles. The van der Waals surface area contributed by atoms with Crippen molar-refractivity contribution in [1.82, 2.24) is 0 Å². The summed E-state index contributed by atoms with van der Waals surface area (Å²) in [6.45, 7) is 20.1. The van der Waals surface area contributed by atoms with Gasteiger partial charge in [0.1, 0.15) is 0 Å². The van der Waals surface area contributed by atoms with E-state index >= 15 is 0 Å². The van der Waals surface area contributed by atoms with E-state index in [1.807, 2.05) is 0 Å². The third-order valence-electron chi connectivity index (χ3n) is 1.02. The molecule has 14 heavy (non-hydrogen) atoms. The lowest BCUT2D eigenvalue weighted by atomic mass is 9.86. The third-order valence-corrected chi connectivity index (χ3v) is 1.02. The average molecular weight is 202 g/mol. The second kappa shape index (κ2) is 7.31. The van der Waals surface area contributed by atoms with Gasteiger partial charge in [0.25, 0.3) is 0 Å². The third kappa shape index (κ3) is 58.1. The van der Waals surface area contributed by atoms with Crippen LogP contribution in [0.5, 0.6) is 0 Å². The second-order valence-electron chi connectivity index (χ2n) is 7.16. The Bertz CT molecular complexity index is 101. The first-order valence-electron chi connectivity index (χ1n) is 5.42. The molecule has 0 saturated carbocycles. The van der Waals surface area contributed by atoms with Gasteiger partial charge in [0.05, 0.1) is 0 Å². The monoisotopic (exact) mass is 202 g/mol. The minimum absolute atomic E-state index is 0. The Morgan fingerprint density at radius 3 is 1.00 bits per heavy atom. The Balaban J connectivity index is -0.000000177. The molecule has 0 aliphatic rings. The zero-order chi connectivity index (χ0) is 11.3. The van der Waals surface area contributed by atoms with Gasteiger partial charge in [0, 0.05) is 0 Å². The molecule has 0 aliphatic heterocycles. The van der Waals surface area contributed by atoms with Crippen molar-refractivity contribution in [3.05, 3.63) is 0 Å². The molecule has 0 radical (unpaired) electrons. The highest BCUT2D eigenvalue weighted by atomic mass is 14.2. The summed E-state index contributed by atoms with van der Waals surface area (Å²) in [5, 5.41) is 0. The van der Waals surface area contributed by atoms with E-state index in [1.54, 1.807) is 0 Å². The molecule has 0 amide bonds. The lowest BCUT2D eigenvalue weighted by Gasteiger charge is -2.19. The van der Waals surface area contributed by atoms with E-state index in [9.17, 15) is 0 Å². The van der Waals surface area contributed by atoms with Crippen molar-refractivity contribution in [3.63, 3.8) is 0 Å². The minimum Gasteiger partial charge on any atom is -0.0776 e. The Hall–Kier alpha value is 0. The van der Waals surface area contributed by atoms with Gasteiger partial charge in [-0.2, -0.15) is 0 Å². The maximum Gasteiger partial charge on any atom is -0.0380 e. The highest BCUT2D eigenvalue weighted by Crippen LogP contribution is 2.23. The molecule has 0 aromatic carbocycles. The van der Waals surface area contributed by atoms with Gasteiger partial charge >= 0.3 is 0 Å². The Morgan fingerprint density at radius 2 is 1.00 bits per heavy atom. The molecule has 0 aliphatic carbocycles. The van der Waals surface area contributed by atoms with Crippen LogP contribution in [0.2, 0.25) is 0 Å². The molecule has 0 spiro atoms. The lowest BCUT2D eigenvalue weighted by molar-refractivity contribution is 0.320. The fraction of sp³-hybridized carbons (Fsp3) is 1.00. The van der Waals surface area contributed by atoms with Crippen molar-refractivity contribution in [2.45, 2.75) is 76.2 Å². The predicted molar refractivity (Wildman–Crippen MR) is 70.8 cm³/mol. The van der Waals surface area contributed by atoms with Gasteiger partial charge < -0.3 is 0 Å². The molecular formula is C14H34. The highest BCUT2D eigenvalue weighted by molar-refractivity contribution is 4.62. The van der Waals surface area contributed by atoms with Crippen LogP contribution in [-0.2, 0) is 0 Å². The molecule has 0 aromatic rings. The van der Waals surface area contributed by atoms with E-state index in [-0.39, 0.29) is 7.43 Å². The van der Waals surface area contributed by atoms with Crippen LogP contribution in [-0.4, -0.2) is 0 Å². The number of rotatable bonds is 1. The fourth-order valence-corrected chi connectivity index (χ4v) is 1.22. The molecule has 0 atom stereocenters. The van der Waals surface area contributed by atoms with Gasteiger partial charge in [-0.05, 0) is 23.2 Å². The normalized spacial score (nSPS) is 11.6. The van der Waals surface area contributed by atoms with Crippen LogP contribution in [0.3, 0.4) is 0 Å². The first-order valence-corrected chi connectivity index (χ1v) is 5.42. The summed E-state index contributed by atoms with van der Waals surface area (Å²) in [5.74, 6) is 0.843. The first kappa shape index (κ1) is 19.6. The van der Waals surface area contributed by atoms with E-state index in [2.05, 4.69) is 62.3 Å². The zero-order valence-electron chi connectivity index (χ0n) is 11.3. The maximum atomic E-state index is 2.28. The van der Waals surface area contributed by atoms with Crippen LogP contribution >= 0.6 is 0 Å². The quantitative estimate of drug-likeness (QED) is 0.506. The van der Waals surface area contributed by atoms with Gasteiger partial charge in [-0.25, -0.2) is 0 Å². The van der Waals surface area contributed by atoms with E-state index < -0.39 is 0 Å². The molecule has 0 heterocycles. The summed E-state index contributed by atoms with van der Waals surface area (Å²) in [5.41, 5.74) is 1.02. The molecule has 0 rings (SSSR count). The van der Waals surface area contributed by atoms with Gasteiger partial charge in [-0.1, -0.05) is 69.7 Å². The molecule has 0 N–H and O–H groups in total. The standard InChI is InChI=1S/C8H18.C5H12.CH4/c1-7(2)6-8(3,4)5;1-5(2,3)4;/h7H,6H2,1-5H3;1-4H3;1H4. The molecule has 0 bridgehead atoms. The summed E-state index contributed by atoms with van der Waals surface area (Å²) >= 11 is 0. The van der Waals surface area contributed by atoms with Crippen molar-refractivity contribution >= 4 is 0 Å². The molecule has 0 heteroatoms. The smallest absolute Gasteiger partial charge is 0.0380 e. The summed E-state index contributed by atoms with van der Waals surface area (Å²) in [7, 11) is 0. The van der Waals surface area contributed by atoms with Crippen LogP contribution in [0.4, 0.5) is 0 Å². The Labute approximate surface area is 93.5 Å². The Kier molecular flexibility index (Phi) is 10.2. The lowest BCUT2D eigenvalue weighted by Crippen LogP contribution is -2.08. The van der Waals surface area contributed by atoms with Gasteiger partial charge in [0.15, 0.2) is 0 Å². The predicted octanol–water partition coefficient (Wildman–Crippen LogP) is 5.77. The van der Waals surface area contributed by atoms with Crippen molar-refractivity contribution in [2.24, 2.45) is 16.7 Å². The van der Waals surface area contributed by atoms with Crippen molar-refractivity contribution in [3.8, 4) is 0 Å². The van der Waals surface area contributed by atoms with E-state index in [0.29, 0.717) is 10.8 Å². The number of hydrogen-bond donors (Lipinski definition) is 0. The average Bonchev–Trinajstić information content (AvgIpc) is 1.47. The maximum absolute atomic E-state index is 2.28. The van der Waals surface area contributed by atoms with Gasteiger partial charge in [-0.3, -0.25) is 0 Å². The summed E-state index contributed by atoms with van der Waals surface area (Å²) < 4.78 is 0. The van der Waals surface area contributed by atoms with Crippen molar-refractivity contribution in [2.75, 3.05) is 0 Å². The van der Waals surface area contributed by atoms with E-state index in [0.717, 1.165) is 5.92 Å². The first-order chi connectivity index (χ1) is 5.42. The van der Waals surface area contributed by atoms with Crippen LogP contribution in [0.15, 0.2) is 0 Å². The van der Waals surface area contributed by atoms with Crippen LogP contribution in [0, 0.1) is 16.7 Å². The molecule has 0 fully saturated rings. The topological polar surface area (TPSA) is 0 Å². The summed E-state index contributed by atoms with van der Waals surface area (Å²) in [6.07, 6.45) is 1.33. The zero-order valence-corrected chi connectivity index (χ0v) is 11.3. The van der Waals surface area contributed by atoms with Crippen LogP contribution < -0.4 is 0 Å². The molecule has 0 unspecified atom stereocenters. The van der Waals surface area contributed by atoms with E-state index in [1.165, 1.54) is 6.42 Å². The van der Waals surface area contributed by atoms with Crippen LogP contribution in [0.25, 0.3) is 0 Å². The SMILES string of the molecule is C.CC(C)(C)C.CC(C)CC(C)(C)C. The Morgan fingerprint density at radius 1 is 0.786 bits per heavy atom. The van der Waals surface area contributed by atoms with Gasteiger partial charge in [-0.15, -0.1) is 0 Å². The highest BCUT2D eigenvalue weighted by Gasteiger charge is 2.11. The molecule has 0 aromatic heterocycles. The van der Waals surface area contributed by atoms with Crippen molar-refractivity contribution < 1.29 is 0 Å². The summed E-state index contributed by atoms with van der Waals surface area (Å²) in [6, 6.07) is 0. The molecule has 90 valence electrons. The fourth-order valence-electron chi connectivity index (χ4n) is 1.22. The largest absolute Gasteiger partial charge is 0.0776 e. The second-order valence-corrected chi connectivity index (χ2v) is 7.16. The number of hydrogen-bond acceptors (Lipinski definition) is 0. The molecular weight excluding hydrogens is 168 g/mol. The summed E-state index contributed by atoms with van der Waals surface area (Å²) in [4.78, 5) is 0.